The zero-order valence-electron chi connectivity index (χ0n) is 13.8. The van der Waals surface area contributed by atoms with Crippen molar-refractivity contribution in [3.05, 3.63) is 30.1 Å². The summed E-state index contributed by atoms with van der Waals surface area (Å²) in [5.41, 5.74) is 1.06. The molecule has 3 heterocycles. The van der Waals surface area contributed by atoms with E-state index in [4.69, 9.17) is 4.74 Å². The summed E-state index contributed by atoms with van der Waals surface area (Å²) in [5.74, 6) is 0.267. The Hall–Kier alpha value is -1.46. The highest BCUT2D eigenvalue weighted by molar-refractivity contribution is 5.79. The summed E-state index contributed by atoms with van der Waals surface area (Å²) in [6.45, 7) is 5.73. The van der Waals surface area contributed by atoms with E-state index >= 15 is 0 Å². The zero-order chi connectivity index (χ0) is 15.9. The Labute approximate surface area is 138 Å². The van der Waals surface area contributed by atoms with E-state index in [0.29, 0.717) is 12.5 Å². The molecule has 1 atom stereocenters. The average molecular weight is 317 g/mol. The number of amides is 1. The molecule has 1 aromatic heterocycles. The molecule has 5 heteroatoms. The molecule has 0 aromatic carbocycles. The highest BCUT2D eigenvalue weighted by Gasteiger charge is 2.27. The molecule has 1 aromatic rings. The Morgan fingerprint density at radius 3 is 2.74 bits per heavy atom. The monoisotopic (exact) mass is 317 g/mol. The van der Waals surface area contributed by atoms with Gasteiger partial charge in [-0.05, 0) is 43.4 Å². The molecule has 23 heavy (non-hydrogen) atoms. The van der Waals surface area contributed by atoms with Gasteiger partial charge >= 0.3 is 0 Å². The first-order chi connectivity index (χ1) is 11.3. The predicted molar refractivity (Wildman–Crippen MR) is 89.2 cm³/mol. The minimum absolute atomic E-state index is 0.267. The van der Waals surface area contributed by atoms with E-state index in [1.54, 1.807) is 12.4 Å². The first-order valence-corrected chi connectivity index (χ1v) is 8.81. The first kappa shape index (κ1) is 16.4. The normalized spacial score (nSPS) is 23.0. The maximum absolute atomic E-state index is 12.7. The van der Waals surface area contributed by atoms with Crippen molar-refractivity contribution in [1.29, 1.82) is 0 Å². The summed E-state index contributed by atoms with van der Waals surface area (Å²) in [6, 6.07) is 4.27. The van der Waals surface area contributed by atoms with Crippen molar-refractivity contribution in [2.45, 2.75) is 38.1 Å². The number of ether oxygens (including phenoxy) is 1. The molecule has 126 valence electrons. The van der Waals surface area contributed by atoms with Crippen molar-refractivity contribution in [2.24, 2.45) is 0 Å². The fourth-order valence-electron chi connectivity index (χ4n) is 3.56. The third-order valence-electron chi connectivity index (χ3n) is 4.93. The SMILES string of the molecule is O=C(Cc1ccncc1)N1CCCC[C@@H]1CCN1CCOCC1. The molecule has 2 saturated heterocycles. The molecular weight excluding hydrogens is 290 g/mol. The number of aromatic nitrogens is 1. The van der Waals surface area contributed by atoms with Crippen molar-refractivity contribution in [2.75, 3.05) is 39.4 Å². The number of nitrogens with zero attached hydrogens (tertiary/aromatic N) is 3. The van der Waals surface area contributed by atoms with Crippen LogP contribution in [0.2, 0.25) is 0 Å². The number of carbonyl (C=O) groups excluding carboxylic acids is 1. The zero-order valence-corrected chi connectivity index (χ0v) is 13.8. The van der Waals surface area contributed by atoms with Crippen LogP contribution < -0.4 is 0 Å². The molecule has 0 spiro atoms. The van der Waals surface area contributed by atoms with E-state index in [1.165, 1.54) is 6.42 Å². The van der Waals surface area contributed by atoms with Gasteiger partial charge in [-0.15, -0.1) is 0 Å². The van der Waals surface area contributed by atoms with Gasteiger partial charge in [-0.1, -0.05) is 0 Å². The Balaban J connectivity index is 1.53. The van der Waals surface area contributed by atoms with Crippen LogP contribution in [0.15, 0.2) is 24.5 Å². The number of likely N-dealkylation sites (tertiary alicyclic amines) is 1. The largest absolute Gasteiger partial charge is 0.379 e. The molecule has 0 saturated carbocycles. The smallest absolute Gasteiger partial charge is 0.227 e. The maximum Gasteiger partial charge on any atom is 0.227 e. The lowest BCUT2D eigenvalue weighted by Gasteiger charge is -2.37. The van der Waals surface area contributed by atoms with Gasteiger partial charge in [0.2, 0.25) is 5.91 Å². The van der Waals surface area contributed by atoms with Crippen LogP contribution in [0.3, 0.4) is 0 Å². The molecule has 0 unspecified atom stereocenters. The summed E-state index contributed by atoms with van der Waals surface area (Å²) in [7, 11) is 0. The van der Waals surface area contributed by atoms with Gasteiger partial charge in [0, 0.05) is 44.6 Å². The van der Waals surface area contributed by atoms with Crippen molar-refractivity contribution >= 4 is 5.91 Å². The molecule has 0 N–H and O–H groups in total. The fraction of sp³-hybridized carbons (Fsp3) is 0.667. The van der Waals surface area contributed by atoms with E-state index in [-0.39, 0.29) is 5.91 Å². The number of hydrogen-bond donors (Lipinski definition) is 0. The number of pyridine rings is 1. The number of morpholine rings is 1. The number of rotatable bonds is 5. The van der Waals surface area contributed by atoms with Crippen LogP contribution in [-0.4, -0.2) is 66.1 Å². The topological polar surface area (TPSA) is 45.7 Å². The maximum atomic E-state index is 12.7. The van der Waals surface area contributed by atoms with Crippen LogP contribution in [0, 0.1) is 0 Å². The Kier molecular flexibility index (Phi) is 6.00. The van der Waals surface area contributed by atoms with Crippen LogP contribution in [0.25, 0.3) is 0 Å². The van der Waals surface area contributed by atoms with Gasteiger partial charge in [0.05, 0.1) is 19.6 Å². The van der Waals surface area contributed by atoms with Crippen molar-refractivity contribution in [3.63, 3.8) is 0 Å². The van der Waals surface area contributed by atoms with E-state index in [2.05, 4.69) is 14.8 Å². The molecular formula is C18H27N3O2. The molecule has 2 aliphatic heterocycles. The number of piperidine rings is 1. The summed E-state index contributed by atoms with van der Waals surface area (Å²) in [5, 5.41) is 0. The Morgan fingerprint density at radius 2 is 1.96 bits per heavy atom. The number of carbonyl (C=O) groups is 1. The van der Waals surface area contributed by atoms with Crippen LogP contribution in [-0.2, 0) is 16.0 Å². The van der Waals surface area contributed by atoms with Gasteiger partial charge in [-0.25, -0.2) is 0 Å². The van der Waals surface area contributed by atoms with E-state index in [9.17, 15) is 4.79 Å². The third-order valence-corrected chi connectivity index (χ3v) is 4.93. The molecule has 5 nitrogen and oxygen atoms in total. The summed E-state index contributed by atoms with van der Waals surface area (Å²) >= 11 is 0. The standard InChI is InChI=1S/C18H27N3O2/c22-18(15-16-4-7-19-8-5-16)21-9-2-1-3-17(21)6-10-20-11-13-23-14-12-20/h4-5,7-8,17H,1-3,6,9-15H2/t17-/m1/s1. The third kappa shape index (κ3) is 4.75. The van der Waals surface area contributed by atoms with Gasteiger partial charge in [-0.3, -0.25) is 14.7 Å². The number of hydrogen-bond acceptors (Lipinski definition) is 4. The fourth-order valence-corrected chi connectivity index (χ4v) is 3.56. The van der Waals surface area contributed by atoms with Gasteiger partial charge < -0.3 is 9.64 Å². The van der Waals surface area contributed by atoms with Crippen LogP contribution in [0.1, 0.15) is 31.2 Å². The Bertz CT molecular complexity index is 488. The minimum Gasteiger partial charge on any atom is -0.379 e. The van der Waals surface area contributed by atoms with E-state index in [0.717, 1.165) is 64.2 Å². The molecule has 2 fully saturated rings. The Morgan fingerprint density at radius 1 is 1.17 bits per heavy atom. The van der Waals surface area contributed by atoms with Crippen molar-refractivity contribution in [1.82, 2.24) is 14.8 Å². The van der Waals surface area contributed by atoms with Gasteiger partial charge in [-0.2, -0.15) is 0 Å². The van der Waals surface area contributed by atoms with Crippen LogP contribution in [0.5, 0.6) is 0 Å². The minimum atomic E-state index is 0.267. The lowest BCUT2D eigenvalue weighted by Crippen LogP contribution is -2.46. The van der Waals surface area contributed by atoms with Gasteiger partial charge in [0.15, 0.2) is 0 Å². The highest BCUT2D eigenvalue weighted by Crippen LogP contribution is 2.21. The molecule has 0 radical (unpaired) electrons. The first-order valence-electron chi connectivity index (χ1n) is 8.81. The summed E-state index contributed by atoms with van der Waals surface area (Å²) in [6.07, 6.45) is 8.62. The molecule has 2 aliphatic rings. The van der Waals surface area contributed by atoms with E-state index in [1.807, 2.05) is 12.1 Å². The van der Waals surface area contributed by atoms with Crippen LogP contribution in [0.4, 0.5) is 0 Å². The highest BCUT2D eigenvalue weighted by atomic mass is 16.5. The van der Waals surface area contributed by atoms with Gasteiger partial charge in [0.25, 0.3) is 0 Å². The van der Waals surface area contributed by atoms with Crippen molar-refractivity contribution in [3.8, 4) is 0 Å². The van der Waals surface area contributed by atoms with Crippen molar-refractivity contribution < 1.29 is 9.53 Å². The predicted octanol–water partition coefficient (Wildman–Crippen LogP) is 1.73. The second-order valence-electron chi connectivity index (χ2n) is 6.51. The molecule has 1 amide bonds. The summed E-state index contributed by atoms with van der Waals surface area (Å²) in [4.78, 5) is 21.3. The lowest BCUT2D eigenvalue weighted by atomic mass is 9.98. The summed E-state index contributed by atoms with van der Waals surface area (Å²) < 4.78 is 5.41. The molecule has 0 aliphatic carbocycles. The quantitative estimate of drug-likeness (QED) is 0.830. The molecule has 0 bridgehead atoms. The second kappa shape index (κ2) is 8.41. The lowest BCUT2D eigenvalue weighted by molar-refractivity contribution is -0.134. The molecule has 3 rings (SSSR count). The second-order valence-corrected chi connectivity index (χ2v) is 6.51. The average Bonchev–Trinajstić information content (AvgIpc) is 2.62. The van der Waals surface area contributed by atoms with Crippen LogP contribution >= 0.6 is 0 Å². The van der Waals surface area contributed by atoms with Gasteiger partial charge in [0.1, 0.15) is 0 Å². The van der Waals surface area contributed by atoms with E-state index < -0.39 is 0 Å².